The van der Waals surface area contributed by atoms with Gasteiger partial charge in [-0.05, 0) is 17.7 Å². The fourth-order valence-electron chi connectivity index (χ4n) is 2.68. The molecule has 2 aromatic rings. The molecule has 0 spiro atoms. The molecule has 1 fully saturated rings. The van der Waals surface area contributed by atoms with Crippen LogP contribution in [0.3, 0.4) is 0 Å². The molecular formula is C17H22N6O. The standard InChI is InChI=1S/C17H22N6O/c1-21(2)16-12-19-15(11-20-16)17(24)23-9-7-22(8-10-23)13-14-3-5-18-6-4-14/h3-6,11-12H,7-10,13H2,1-2H3. The Morgan fingerprint density at radius 2 is 1.79 bits per heavy atom. The van der Waals surface area contributed by atoms with Crippen LogP contribution in [0.2, 0.25) is 0 Å². The van der Waals surface area contributed by atoms with Crippen LogP contribution in [0.5, 0.6) is 0 Å². The first kappa shape index (κ1) is 16.3. The minimum Gasteiger partial charge on any atom is -0.361 e. The first-order chi connectivity index (χ1) is 11.6. The number of rotatable bonds is 4. The van der Waals surface area contributed by atoms with Gasteiger partial charge in [0.15, 0.2) is 0 Å². The lowest BCUT2D eigenvalue weighted by Crippen LogP contribution is -2.48. The molecule has 1 aliphatic rings. The second-order valence-corrected chi connectivity index (χ2v) is 6.08. The zero-order chi connectivity index (χ0) is 16.9. The molecule has 0 aliphatic carbocycles. The SMILES string of the molecule is CN(C)c1cnc(C(=O)N2CCN(Cc3ccncc3)CC2)cn1. The Bertz CT molecular complexity index is 665. The predicted octanol–water partition coefficient (Wildman–Crippen LogP) is 0.896. The summed E-state index contributed by atoms with van der Waals surface area (Å²) < 4.78 is 0. The molecule has 1 amide bonds. The largest absolute Gasteiger partial charge is 0.361 e. The highest BCUT2D eigenvalue weighted by molar-refractivity contribution is 5.92. The number of nitrogens with zero attached hydrogens (tertiary/aromatic N) is 6. The van der Waals surface area contributed by atoms with Gasteiger partial charge in [0.1, 0.15) is 11.5 Å². The van der Waals surface area contributed by atoms with Crippen molar-refractivity contribution in [3.8, 4) is 0 Å². The summed E-state index contributed by atoms with van der Waals surface area (Å²) >= 11 is 0. The number of hydrogen-bond donors (Lipinski definition) is 0. The highest BCUT2D eigenvalue weighted by Crippen LogP contribution is 2.11. The van der Waals surface area contributed by atoms with Crippen LogP contribution in [0.1, 0.15) is 16.1 Å². The van der Waals surface area contributed by atoms with Gasteiger partial charge in [0.05, 0.1) is 12.4 Å². The van der Waals surface area contributed by atoms with E-state index in [9.17, 15) is 4.79 Å². The van der Waals surface area contributed by atoms with Crippen LogP contribution in [0, 0.1) is 0 Å². The number of carbonyl (C=O) groups excluding carboxylic acids is 1. The zero-order valence-electron chi connectivity index (χ0n) is 14.1. The van der Waals surface area contributed by atoms with E-state index in [0.29, 0.717) is 18.8 Å². The highest BCUT2D eigenvalue weighted by atomic mass is 16.2. The topological polar surface area (TPSA) is 65.5 Å². The molecule has 0 atom stereocenters. The Morgan fingerprint density at radius 1 is 1.08 bits per heavy atom. The minimum absolute atomic E-state index is 0.0450. The van der Waals surface area contributed by atoms with Gasteiger partial charge in [-0.1, -0.05) is 0 Å². The number of amides is 1. The van der Waals surface area contributed by atoms with E-state index < -0.39 is 0 Å². The van der Waals surface area contributed by atoms with Gasteiger partial charge in [-0.3, -0.25) is 14.7 Å². The third kappa shape index (κ3) is 3.86. The quantitative estimate of drug-likeness (QED) is 0.832. The monoisotopic (exact) mass is 326 g/mol. The lowest BCUT2D eigenvalue weighted by Gasteiger charge is -2.34. The molecule has 0 saturated carbocycles. The summed E-state index contributed by atoms with van der Waals surface area (Å²) in [5.74, 6) is 0.699. The fraction of sp³-hybridized carbons (Fsp3) is 0.412. The van der Waals surface area contributed by atoms with Gasteiger partial charge in [0.25, 0.3) is 5.91 Å². The number of anilines is 1. The van der Waals surface area contributed by atoms with E-state index in [1.165, 1.54) is 5.56 Å². The summed E-state index contributed by atoms with van der Waals surface area (Å²) in [6.45, 7) is 4.03. The lowest BCUT2D eigenvalue weighted by molar-refractivity contribution is 0.0622. The third-order valence-corrected chi connectivity index (χ3v) is 4.13. The summed E-state index contributed by atoms with van der Waals surface area (Å²) in [5.41, 5.74) is 1.65. The van der Waals surface area contributed by atoms with Crippen LogP contribution in [0.15, 0.2) is 36.9 Å². The maximum absolute atomic E-state index is 12.5. The Balaban J connectivity index is 1.55. The van der Waals surface area contributed by atoms with Gasteiger partial charge < -0.3 is 9.80 Å². The average Bonchev–Trinajstić information content (AvgIpc) is 2.63. The van der Waals surface area contributed by atoms with Gasteiger partial charge in [0, 0.05) is 59.2 Å². The minimum atomic E-state index is -0.0450. The van der Waals surface area contributed by atoms with Crippen molar-refractivity contribution < 1.29 is 4.79 Å². The molecule has 0 unspecified atom stereocenters. The van der Waals surface area contributed by atoms with Crippen molar-refractivity contribution in [1.82, 2.24) is 24.8 Å². The zero-order valence-corrected chi connectivity index (χ0v) is 14.1. The van der Waals surface area contributed by atoms with Crippen molar-refractivity contribution in [3.63, 3.8) is 0 Å². The number of piperazine rings is 1. The molecule has 0 radical (unpaired) electrons. The molecular weight excluding hydrogens is 304 g/mol. The normalized spacial score (nSPS) is 15.3. The first-order valence-corrected chi connectivity index (χ1v) is 8.03. The van der Waals surface area contributed by atoms with Crippen molar-refractivity contribution in [2.75, 3.05) is 45.2 Å². The first-order valence-electron chi connectivity index (χ1n) is 8.03. The van der Waals surface area contributed by atoms with E-state index in [4.69, 9.17) is 0 Å². The molecule has 7 heteroatoms. The maximum Gasteiger partial charge on any atom is 0.274 e. The van der Waals surface area contributed by atoms with Crippen LogP contribution in [-0.2, 0) is 6.54 Å². The lowest BCUT2D eigenvalue weighted by atomic mass is 10.2. The molecule has 3 rings (SSSR count). The van der Waals surface area contributed by atoms with E-state index in [1.807, 2.05) is 48.4 Å². The van der Waals surface area contributed by atoms with Crippen LogP contribution >= 0.6 is 0 Å². The molecule has 2 aromatic heterocycles. The fourth-order valence-corrected chi connectivity index (χ4v) is 2.68. The van der Waals surface area contributed by atoms with E-state index in [0.717, 1.165) is 25.5 Å². The second kappa shape index (κ2) is 7.35. The third-order valence-electron chi connectivity index (χ3n) is 4.13. The summed E-state index contributed by atoms with van der Waals surface area (Å²) in [7, 11) is 3.79. The Morgan fingerprint density at radius 3 is 2.38 bits per heavy atom. The van der Waals surface area contributed by atoms with E-state index in [1.54, 1.807) is 12.4 Å². The van der Waals surface area contributed by atoms with Crippen molar-refractivity contribution in [3.05, 3.63) is 48.2 Å². The Labute approximate surface area is 142 Å². The number of pyridine rings is 1. The Hall–Kier alpha value is -2.54. The van der Waals surface area contributed by atoms with Crippen molar-refractivity contribution >= 4 is 11.7 Å². The molecule has 0 aromatic carbocycles. The molecule has 7 nitrogen and oxygen atoms in total. The van der Waals surface area contributed by atoms with Crippen LogP contribution in [-0.4, -0.2) is 70.9 Å². The number of aromatic nitrogens is 3. The summed E-state index contributed by atoms with van der Waals surface area (Å²) in [6.07, 6.45) is 6.81. The van der Waals surface area contributed by atoms with Gasteiger partial charge in [0.2, 0.25) is 0 Å². The maximum atomic E-state index is 12.5. The molecule has 0 bridgehead atoms. The van der Waals surface area contributed by atoms with Gasteiger partial charge in [-0.25, -0.2) is 9.97 Å². The van der Waals surface area contributed by atoms with Crippen molar-refractivity contribution in [1.29, 1.82) is 0 Å². The molecule has 1 saturated heterocycles. The van der Waals surface area contributed by atoms with Crippen LogP contribution in [0.25, 0.3) is 0 Å². The van der Waals surface area contributed by atoms with Crippen LogP contribution in [0.4, 0.5) is 5.82 Å². The summed E-state index contributed by atoms with van der Waals surface area (Å²) in [6, 6.07) is 4.05. The molecule has 0 N–H and O–H groups in total. The predicted molar refractivity (Wildman–Crippen MR) is 91.8 cm³/mol. The van der Waals surface area contributed by atoms with Gasteiger partial charge in [-0.15, -0.1) is 0 Å². The second-order valence-electron chi connectivity index (χ2n) is 6.08. The average molecular weight is 326 g/mol. The molecule has 3 heterocycles. The van der Waals surface area contributed by atoms with E-state index in [2.05, 4.69) is 19.9 Å². The summed E-state index contributed by atoms with van der Waals surface area (Å²) in [4.78, 5) is 31.1. The smallest absolute Gasteiger partial charge is 0.274 e. The van der Waals surface area contributed by atoms with E-state index in [-0.39, 0.29) is 5.91 Å². The van der Waals surface area contributed by atoms with Crippen LogP contribution < -0.4 is 4.90 Å². The van der Waals surface area contributed by atoms with Gasteiger partial charge >= 0.3 is 0 Å². The van der Waals surface area contributed by atoms with E-state index >= 15 is 0 Å². The highest BCUT2D eigenvalue weighted by Gasteiger charge is 2.23. The summed E-state index contributed by atoms with van der Waals surface area (Å²) in [5, 5.41) is 0. The molecule has 24 heavy (non-hydrogen) atoms. The van der Waals surface area contributed by atoms with Crippen molar-refractivity contribution in [2.24, 2.45) is 0 Å². The Kier molecular flexibility index (Phi) is 5.00. The van der Waals surface area contributed by atoms with Crippen molar-refractivity contribution in [2.45, 2.75) is 6.54 Å². The van der Waals surface area contributed by atoms with Gasteiger partial charge in [-0.2, -0.15) is 0 Å². The number of hydrogen-bond acceptors (Lipinski definition) is 6. The number of carbonyl (C=O) groups is 1. The molecule has 1 aliphatic heterocycles. The molecule has 126 valence electrons.